The number of carbonyl (C=O) groups is 2. The Balaban J connectivity index is 1.82. The molecule has 30 heavy (non-hydrogen) atoms. The molecule has 0 spiro atoms. The van der Waals surface area contributed by atoms with Crippen LogP contribution in [0.15, 0.2) is 53.4 Å². The van der Waals surface area contributed by atoms with E-state index < -0.39 is 5.60 Å². The number of benzene rings is 2. The van der Waals surface area contributed by atoms with Gasteiger partial charge < -0.3 is 19.7 Å². The van der Waals surface area contributed by atoms with E-state index in [1.165, 1.54) is 4.90 Å². The molecule has 162 valence electrons. The second-order valence-electron chi connectivity index (χ2n) is 7.86. The zero-order chi connectivity index (χ0) is 22.1. The molecular formula is C23H30N2O4S. The maximum Gasteiger partial charge on any atom is 0.410 e. The predicted octanol–water partition coefficient (Wildman–Crippen LogP) is 5.18. The van der Waals surface area contributed by atoms with Gasteiger partial charge in [-0.05, 0) is 62.7 Å². The summed E-state index contributed by atoms with van der Waals surface area (Å²) in [5.74, 6) is 1.45. The molecule has 0 heterocycles. The van der Waals surface area contributed by atoms with Crippen molar-refractivity contribution in [3.05, 3.63) is 54.1 Å². The van der Waals surface area contributed by atoms with Crippen molar-refractivity contribution >= 4 is 29.4 Å². The highest BCUT2D eigenvalue weighted by Gasteiger charge is 2.19. The van der Waals surface area contributed by atoms with Crippen LogP contribution in [0.5, 0.6) is 5.75 Å². The fourth-order valence-electron chi connectivity index (χ4n) is 2.58. The van der Waals surface area contributed by atoms with Crippen LogP contribution in [0.2, 0.25) is 0 Å². The minimum absolute atomic E-state index is 0.0475. The molecule has 0 saturated heterocycles. The number of hydrogen-bond acceptors (Lipinski definition) is 5. The fourth-order valence-corrected chi connectivity index (χ4v) is 3.43. The zero-order valence-corrected chi connectivity index (χ0v) is 19.0. The maximum atomic E-state index is 12.3. The van der Waals surface area contributed by atoms with Crippen molar-refractivity contribution in [3.8, 4) is 5.75 Å². The molecule has 0 radical (unpaired) electrons. The number of hydrogen-bond donors (Lipinski definition) is 1. The average Bonchev–Trinajstić information content (AvgIpc) is 2.67. The largest absolute Gasteiger partial charge is 0.497 e. The van der Waals surface area contributed by atoms with Gasteiger partial charge in [0.05, 0.1) is 7.11 Å². The van der Waals surface area contributed by atoms with Crippen molar-refractivity contribution in [2.24, 2.45) is 0 Å². The first-order valence-corrected chi connectivity index (χ1v) is 10.7. The van der Waals surface area contributed by atoms with E-state index in [9.17, 15) is 9.59 Å². The lowest BCUT2D eigenvalue weighted by molar-refractivity contribution is -0.115. The van der Waals surface area contributed by atoms with E-state index in [1.54, 1.807) is 25.9 Å². The molecule has 2 rings (SSSR count). The number of nitrogens with zero attached hydrogens (tertiary/aromatic N) is 1. The molecule has 0 aliphatic carbocycles. The first kappa shape index (κ1) is 23.6. The number of nitrogens with one attached hydrogen (secondary N) is 1. The smallest absolute Gasteiger partial charge is 0.410 e. The summed E-state index contributed by atoms with van der Waals surface area (Å²) in [5.41, 5.74) is 1.09. The standard InChI is InChI=1S/C23H30N2O4S/c1-23(2,3)29-22(27)25(4)16-17-7-6-8-18(15-17)24-21(26)13-14-30-20-11-9-19(28-5)10-12-20/h6-12,15H,13-14,16H2,1-5H3,(H,24,26). The Hall–Kier alpha value is -2.67. The molecule has 0 saturated carbocycles. The summed E-state index contributed by atoms with van der Waals surface area (Å²) in [6.07, 6.45) is 0.0196. The van der Waals surface area contributed by atoms with Crippen LogP contribution in [-0.4, -0.2) is 42.4 Å². The second-order valence-corrected chi connectivity index (χ2v) is 9.03. The summed E-state index contributed by atoms with van der Waals surface area (Å²) in [5, 5.41) is 2.92. The molecule has 7 heteroatoms. The van der Waals surface area contributed by atoms with Gasteiger partial charge in [0, 0.05) is 36.3 Å². The van der Waals surface area contributed by atoms with Crippen LogP contribution < -0.4 is 10.1 Å². The quantitative estimate of drug-likeness (QED) is 0.584. The monoisotopic (exact) mass is 430 g/mol. The van der Waals surface area contributed by atoms with E-state index >= 15 is 0 Å². The van der Waals surface area contributed by atoms with E-state index in [2.05, 4.69) is 5.32 Å². The van der Waals surface area contributed by atoms with Crippen LogP contribution in [0.4, 0.5) is 10.5 Å². The first-order valence-electron chi connectivity index (χ1n) is 9.76. The summed E-state index contributed by atoms with van der Waals surface area (Å²) >= 11 is 1.62. The number of thioether (sulfide) groups is 1. The number of methoxy groups -OCH3 is 1. The van der Waals surface area contributed by atoms with Crippen LogP contribution in [-0.2, 0) is 16.1 Å². The van der Waals surface area contributed by atoms with Crippen molar-refractivity contribution in [1.29, 1.82) is 0 Å². The predicted molar refractivity (Wildman–Crippen MR) is 121 cm³/mol. The van der Waals surface area contributed by atoms with Crippen LogP contribution in [0.3, 0.4) is 0 Å². The lowest BCUT2D eigenvalue weighted by atomic mass is 10.2. The normalized spacial score (nSPS) is 11.0. The van der Waals surface area contributed by atoms with Crippen molar-refractivity contribution in [1.82, 2.24) is 4.90 Å². The SMILES string of the molecule is COc1ccc(SCCC(=O)Nc2cccc(CN(C)C(=O)OC(C)(C)C)c2)cc1. The number of ether oxygens (including phenoxy) is 2. The molecule has 0 aliphatic rings. The molecule has 0 bridgehead atoms. The highest BCUT2D eigenvalue weighted by molar-refractivity contribution is 7.99. The lowest BCUT2D eigenvalue weighted by Gasteiger charge is -2.24. The van der Waals surface area contributed by atoms with Gasteiger partial charge in [0.15, 0.2) is 0 Å². The third-order valence-corrected chi connectivity index (χ3v) is 5.01. The lowest BCUT2D eigenvalue weighted by Crippen LogP contribution is -2.33. The molecule has 0 unspecified atom stereocenters. The Bertz CT molecular complexity index is 847. The Morgan fingerprint density at radius 3 is 2.43 bits per heavy atom. The first-order chi connectivity index (χ1) is 14.2. The van der Waals surface area contributed by atoms with Gasteiger partial charge in [-0.2, -0.15) is 0 Å². The third kappa shape index (κ3) is 8.37. The Labute approximate surface area is 182 Å². The Morgan fingerprint density at radius 1 is 1.10 bits per heavy atom. The second kappa shape index (κ2) is 10.9. The molecule has 6 nitrogen and oxygen atoms in total. The molecule has 0 aromatic heterocycles. The van der Waals surface area contributed by atoms with E-state index in [1.807, 2.05) is 69.3 Å². The third-order valence-electron chi connectivity index (χ3n) is 3.99. The van der Waals surface area contributed by atoms with Crippen molar-refractivity contribution in [2.75, 3.05) is 25.2 Å². The highest BCUT2D eigenvalue weighted by atomic mass is 32.2. The summed E-state index contributed by atoms with van der Waals surface area (Å²) < 4.78 is 10.5. The summed E-state index contributed by atoms with van der Waals surface area (Å²) in [4.78, 5) is 27.0. The summed E-state index contributed by atoms with van der Waals surface area (Å²) in [6, 6.07) is 15.2. The maximum absolute atomic E-state index is 12.3. The molecule has 2 aromatic carbocycles. The fraction of sp³-hybridized carbons (Fsp3) is 0.391. The Morgan fingerprint density at radius 2 is 1.80 bits per heavy atom. The van der Waals surface area contributed by atoms with Crippen LogP contribution >= 0.6 is 11.8 Å². The number of carbonyl (C=O) groups excluding carboxylic acids is 2. The minimum Gasteiger partial charge on any atom is -0.497 e. The van der Waals surface area contributed by atoms with Gasteiger partial charge in [-0.3, -0.25) is 4.79 Å². The molecule has 2 amide bonds. The molecule has 0 aliphatic heterocycles. The molecular weight excluding hydrogens is 400 g/mol. The number of amides is 2. The molecule has 2 aromatic rings. The van der Waals surface area contributed by atoms with Gasteiger partial charge >= 0.3 is 6.09 Å². The van der Waals surface area contributed by atoms with E-state index in [0.29, 0.717) is 24.4 Å². The van der Waals surface area contributed by atoms with Gasteiger partial charge in [0.2, 0.25) is 5.91 Å². The summed E-state index contributed by atoms with van der Waals surface area (Å²) in [6.45, 7) is 5.90. The average molecular weight is 431 g/mol. The van der Waals surface area contributed by atoms with Gasteiger partial charge in [0.1, 0.15) is 11.4 Å². The highest BCUT2D eigenvalue weighted by Crippen LogP contribution is 2.22. The minimum atomic E-state index is -0.537. The van der Waals surface area contributed by atoms with Crippen molar-refractivity contribution in [3.63, 3.8) is 0 Å². The summed E-state index contributed by atoms with van der Waals surface area (Å²) in [7, 11) is 3.33. The van der Waals surface area contributed by atoms with E-state index in [0.717, 1.165) is 16.2 Å². The van der Waals surface area contributed by atoms with Crippen LogP contribution in [0.25, 0.3) is 0 Å². The zero-order valence-electron chi connectivity index (χ0n) is 18.2. The number of rotatable bonds is 8. The van der Waals surface area contributed by atoms with Crippen molar-refractivity contribution < 1.29 is 19.1 Å². The van der Waals surface area contributed by atoms with Gasteiger partial charge in [-0.1, -0.05) is 12.1 Å². The molecule has 1 N–H and O–H groups in total. The van der Waals surface area contributed by atoms with Crippen LogP contribution in [0.1, 0.15) is 32.8 Å². The van der Waals surface area contributed by atoms with Gasteiger partial charge in [-0.25, -0.2) is 4.79 Å². The van der Waals surface area contributed by atoms with E-state index in [-0.39, 0.29) is 12.0 Å². The van der Waals surface area contributed by atoms with Crippen molar-refractivity contribution in [2.45, 2.75) is 44.2 Å². The molecule has 0 fully saturated rings. The topological polar surface area (TPSA) is 67.9 Å². The number of anilines is 1. The van der Waals surface area contributed by atoms with Gasteiger partial charge in [-0.15, -0.1) is 11.8 Å². The van der Waals surface area contributed by atoms with Gasteiger partial charge in [0.25, 0.3) is 0 Å². The van der Waals surface area contributed by atoms with E-state index in [4.69, 9.17) is 9.47 Å². The van der Waals surface area contributed by atoms with Crippen LogP contribution in [0, 0.1) is 0 Å². The Kier molecular flexibility index (Phi) is 8.59. The molecule has 0 atom stereocenters.